The largest absolute Gasteiger partial charge is 0.469 e. The van der Waals surface area contributed by atoms with Gasteiger partial charge in [0.15, 0.2) is 0 Å². The van der Waals surface area contributed by atoms with E-state index < -0.39 is 0 Å². The Hall–Kier alpha value is -1.88. The number of nitrogens with two attached hydrogens (primary N) is 1. The molecule has 1 aromatic carbocycles. The zero-order valence-electron chi connectivity index (χ0n) is 12.4. The third-order valence-electron chi connectivity index (χ3n) is 3.87. The summed E-state index contributed by atoms with van der Waals surface area (Å²) in [4.78, 5) is 12.0. The number of para-hydroxylation sites is 1. The molecular weight excluding hydrogens is 296 g/mol. The summed E-state index contributed by atoms with van der Waals surface area (Å²) < 4.78 is 5.55. The molecule has 2 aromatic rings. The van der Waals surface area contributed by atoms with Crippen LogP contribution in [0.4, 0.5) is 5.69 Å². The van der Waals surface area contributed by atoms with Crippen LogP contribution < -0.4 is 11.1 Å². The molecule has 3 N–H and O–H groups in total. The first-order valence-electron chi connectivity index (χ1n) is 7.57. The Morgan fingerprint density at radius 2 is 2.23 bits per heavy atom. The van der Waals surface area contributed by atoms with Gasteiger partial charge in [0.2, 0.25) is 5.91 Å². The fraction of sp³-hybridized carbons (Fsp3) is 0.353. The number of fused-ring (bicyclic) bond motifs is 1. The number of amides is 1. The summed E-state index contributed by atoms with van der Waals surface area (Å²) >= 11 is 1.66. The van der Waals surface area contributed by atoms with E-state index >= 15 is 0 Å². The molecule has 5 heteroatoms. The average molecular weight is 316 g/mol. The highest BCUT2D eigenvalue weighted by Crippen LogP contribution is 2.36. The zero-order valence-corrected chi connectivity index (χ0v) is 13.2. The van der Waals surface area contributed by atoms with Crippen molar-refractivity contribution in [1.82, 2.24) is 0 Å². The molecule has 1 aliphatic rings. The maximum Gasteiger partial charge on any atom is 0.218 e. The summed E-state index contributed by atoms with van der Waals surface area (Å²) in [5.74, 6) is 1.55. The summed E-state index contributed by atoms with van der Waals surface area (Å²) in [6.07, 6.45) is 5.43. The predicted octanol–water partition coefficient (Wildman–Crippen LogP) is 3.74. The fourth-order valence-electron chi connectivity index (χ4n) is 2.80. The monoisotopic (exact) mass is 316 g/mol. The molecule has 1 heterocycles. The van der Waals surface area contributed by atoms with Gasteiger partial charge in [-0.1, -0.05) is 12.1 Å². The molecule has 22 heavy (non-hydrogen) atoms. The number of rotatable bonds is 6. The molecule has 1 aromatic heterocycles. The minimum absolute atomic E-state index is 0.256. The first-order valence-corrected chi connectivity index (χ1v) is 8.55. The molecule has 0 fully saturated rings. The van der Waals surface area contributed by atoms with Crippen LogP contribution in [-0.2, 0) is 11.2 Å². The number of primary amides is 1. The first kappa shape index (κ1) is 15.0. The third-order valence-corrected chi connectivity index (χ3v) is 4.95. The van der Waals surface area contributed by atoms with Crippen molar-refractivity contribution < 1.29 is 9.21 Å². The molecule has 4 nitrogen and oxygen atoms in total. The predicted molar refractivity (Wildman–Crippen MR) is 89.0 cm³/mol. The normalized spacial score (nSPS) is 17.0. The van der Waals surface area contributed by atoms with Gasteiger partial charge in [-0.15, -0.1) is 11.8 Å². The summed E-state index contributed by atoms with van der Waals surface area (Å²) in [5.41, 5.74) is 7.58. The van der Waals surface area contributed by atoms with Crippen molar-refractivity contribution in [3.63, 3.8) is 0 Å². The highest BCUT2D eigenvalue weighted by Gasteiger charge is 2.23. The molecule has 0 radical (unpaired) electrons. The molecule has 0 aliphatic heterocycles. The van der Waals surface area contributed by atoms with E-state index in [-0.39, 0.29) is 5.91 Å². The highest BCUT2D eigenvalue weighted by atomic mass is 32.2. The van der Waals surface area contributed by atoms with Crippen LogP contribution in [0.5, 0.6) is 0 Å². The van der Waals surface area contributed by atoms with E-state index in [4.69, 9.17) is 10.2 Å². The topological polar surface area (TPSA) is 68.3 Å². The van der Waals surface area contributed by atoms with E-state index in [2.05, 4.69) is 23.5 Å². The Kier molecular flexibility index (Phi) is 4.73. The number of nitrogens with one attached hydrogen (secondary N) is 1. The van der Waals surface area contributed by atoms with Gasteiger partial charge in [-0.2, -0.15) is 0 Å². The number of furan rings is 1. The van der Waals surface area contributed by atoms with Gasteiger partial charge in [0.25, 0.3) is 0 Å². The molecule has 0 saturated carbocycles. The number of hydrogen-bond donors (Lipinski definition) is 2. The second-order valence-corrected chi connectivity index (χ2v) is 6.59. The average Bonchev–Trinajstić information content (AvgIpc) is 2.98. The Morgan fingerprint density at radius 1 is 1.36 bits per heavy atom. The number of thioether (sulfide) groups is 1. The quantitative estimate of drug-likeness (QED) is 0.797. The smallest absolute Gasteiger partial charge is 0.218 e. The Morgan fingerprint density at radius 3 is 3.09 bits per heavy atom. The molecule has 1 aliphatic carbocycles. The first-order chi connectivity index (χ1) is 10.7. The van der Waals surface area contributed by atoms with Crippen molar-refractivity contribution >= 4 is 23.4 Å². The number of benzene rings is 1. The van der Waals surface area contributed by atoms with Crippen LogP contribution in [0.25, 0.3) is 0 Å². The number of hydrogen-bond acceptors (Lipinski definition) is 4. The molecule has 0 saturated heterocycles. The van der Waals surface area contributed by atoms with Crippen molar-refractivity contribution in [3.05, 3.63) is 47.9 Å². The molecule has 0 unspecified atom stereocenters. The van der Waals surface area contributed by atoms with E-state index in [1.54, 1.807) is 18.0 Å². The molecular formula is C17H20N2O2S. The second-order valence-electron chi connectivity index (χ2n) is 5.45. The van der Waals surface area contributed by atoms with Crippen LogP contribution in [0.2, 0.25) is 0 Å². The van der Waals surface area contributed by atoms with Gasteiger partial charge in [-0.25, -0.2) is 0 Å². The van der Waals surface area contributed by atoms with Crippen LogP contribution >= 0.6 is 11.8 Å². The summed E-state index contributed by atoms with van der Waals surface area (Å²) in [6, 6.07) is 10.6. The molecule has 3 rings (SSSR count). The fourth-order valence-corrected chi connectivity index (χ4v) is 3.78. The lowest BCUT2D eigenvalue weighted by molar-refractivity contribution is -0.117. The van der Waals surface area contributed by atoms with Crippen LogP contribution in [0, 0.1) is 0 Å². The zero-order chi connectivity index (χ0) is 15.4. The second kappa shape index (κ2) is 6.92. The summed E-state index contributed by atoms with van der Waals surface area (Å²) in [6.45, 7) is 0. The van der Waals surface area contributed by atoms with Gasteiger partial charge in [0, 0.05) is 34.7 Å². The minimum atomic E-state index is -0.256. The summed E-state index contributed by atoms with van der Waals surface area (Å²) in [7, 11) is 0. The van der Waals surface area contributed by atoms with E-state index in [9.17, 15) is 4.79 Å². The maximum absolute atomic E-state index is 10.9. The van der Waals surface area contributed by atoms with Crippen molar-refractivity contribution in [3.8, 4) is 0 Å². The van der Waals surface area contributed by atoms with E-state index in [0.29, 0.717) is 18.2 Å². The van der Waals surface area contributed by atoms with Gasteiger partial charge in [0.05, 0.1) is 12.3 Å². The standard InChI is InChI=1S/C17H20N2O2S/c18-17(20)9-11-22-16-7-2-1-4-14(16)19-13-5-3-6-15-12(13)8-10-21-15/h1-2,4,7-8,10,13,19H,3,5-6,9,11H2,(H2,18,20)/t13-/m1/s1. The highest BCUT2D eigenvalue weighted by molar-refractivity contribution is 7.99. The summed E-state index contributed by atoms with van der Waals surface area (Å²) in [5, 5.41) is 3.63. The van der Waals surface area contributed by atoms with Gasteiger partial charge in [0.1, 0.15) is 5.76 Å². The lowest BCUT2D eigenvalue weighted by Crippen LogP contribution is -2.16. The lowest BCUT2D eigenvalue weighted by Gasteiger charge is -2.25. The van der Waals surface area contributed by atoms with Crippen molar-refractivity contribution in [1.29, 1.82) is 0 Å². The Bertz CT molecular complexity index is 654. The lowest BCUT2D eigenvalue weighted by atomic mass is 9.93. The van der Waals surface area contributed by atoms with Gasteiger partial charge < -0.3 is 15.5 Å². The van der Waals surface area contributed by atoms with E-state index in [0.717, 1.165) is 35.6 Å². The van der Waals surface area contributed by atoms with Crippen molar-refractivity contribution in [2.45, 2.75) is 36.6 Å². The van der Waals surface area contributed by atoms with Crippen LogP contribution in [-0.4, -0.2) is 11.7 Å². The van der Waals surface area contributed by atoms with E-state index in [1.165, 1.54) is 5.56 Å². The van der Waals surface area contributed by atoms with Crippen LogP contribution in [0.1, 0.15) is 36.6 Å². The minimum Gasteiger partial charge on any atom is -0.469 e. The number of anilines is 1. The number of carbonyl (C=O) groups excluding carboxylic acids is 1. The molecule has 1 atom stereocenters. The number of aryl methyl sites for hydroxylation is 1. The SMILES string of the molecule is NC(=O)CCSc1ccccc1N[C@@H]1CCCc2occc21. The Balaban J connectivity index is 1.72. The molecule has 0 bridgehead atoms. The van der Waals surface area contributed by atoms with Crippen molar-refractivity contribution in [2.75, 3.05) is 11.1 Å². The van der Waals surface area contributed by atoms with Gasteiger partial charge in [-0.3, -0.25) is 4.79 Å². The van der Waals surface area contributed by atoms with E-state index in [1.807, 2.05) is 12.1 Å². The number of carbonyl (C=O) groups is 1. The van der Waals surface area contributed by atoms with Gasteiger partial charge in [-0.05, 0) is 31.0 Å². The van der Waals surface area contributed by atoms with Gasteiger partial charge >= 0.3 is 0 Å². The molecule has 0 spiro atoms. The maximum atomic E-state index is 10.9. The molecule has 116 valence electrons. The Labute approximate surface area is 134 Å². The molecule has 1 amide bonds. The third kappa shape index (κ3) is 3.47. The van der Waals surface area contributed by atoms with Crippen molar-refractivity contribution in [2.24, 2.45) is 5.73 Å². The van der Waals surface area contributed by atoms with Crippen LogP contribution in [0.3, 0.4) is 0 Å². The van der Waals surface area contributed by atoms with Crippen LogP contribution in [0.15, 0.2) is 45.9 Å².